The number of anilines is 1. The number of halogens is 1. The molecule has 1 aromatic rings. The summed E-state index contributed by atoms with van der Waals surface area (Å²) < 4.78 is 0. The summed E-state index contributed by atoms with van der Waals surface area (Å²) in [6.45, 7) is 6.95. The molecule has 0 spiro atoms. The van der Waals surface area contributed by atoms with Gasteiger partial charge in [-0.15, -0.1) is 0 Å². The Morgan fingerprint density at radius 1 is 1.32 bits per heavy atom. The van der Waals surface area contributed by atoms with Crippen LogP contribution in [-0.2, 0) is 4.79 Å². The minimum atomic E-state index is -0.115. The van der Waals surface area contributed by atoms with Gasteiger partial charge >= 0.3 is 0 Å². The zero-order valence-electron chi connectivity index (χ0n) is 13.4. The average molecular weight is 326 g/mol. The second-order valence-electron chi connectivity index (χ2n) is 5.24. The van der Waals surface area contributed by atoms with Crippen LogP contribution in [0, 0.1) is 0 Å². The molecule has 1 aromatic carbocycles. The van der Waals surface area contributed by atoms with Crippen molar-refractivity contribution < 1.29 is 9.59 Å². The Hall–Kier alpha value is -1.59. The molecule has 0 radical (unpaired) electrons. The van der Waals surface area contributed by atoms with E-state index >= 15 is 0 Å². The Kier molecular flexibility index (Phi) is 7.35. The van der Waals surface area contributed by atoms with Crippen LogP contribution in [0.15, 0.2) is 18.2 Å². The fourth-order valence-corrected chi connectivity index (χ4v) is 2.29. The molecule has 0 saturated heterocycles. The summed E-state index contributed by atoms with van der Waals surface area (Å²) in [4.78, 5) is 25.7. The lowest BCUT2D eigenvalue weighted by Gasteiger charge is -2.19. The van der Waals surface area contributed by atoms with Crippen molar-refractivity contribution in [3.63, 3.8) is 0 Å². The second-order valence-corrected chi connectivity index (χ2v) is 5.64. The highest BCUT2D eigenvalue weighted by Gasteiger charge is 2.16. The Labute approximate surface area is 136 Å². The zero-order chi connectivity index (χ0) is 16.7. The van der Waals surface area contributed by atoms with Gasteiger partial charge in [-0.3, -0.25) is 9.59 Å². The smallest absolute Gasteiger partial charge is 0.255 e. The summed E-state index contributed by atoms with van der Waals surface area (Å²) in [5.74, 6) is -0.221. The van der Waals surface area contributed by atoms with Crippen molar-refractivity contribution in [1.82, 2.24) is 4.90 Å². The largest absolute Gasteiger partial charge is 0.339 e. The first kappa shape index (κ1) is 18.5. The highest BCUT2D eigenvalue weighted by Crippen LogP contribution is 2.22. The lowest BCUT2D eigenvalue weighted by Crippen LogP contribution is -2.30. The number of nitrogens with one attached hydrogen (secondary N) is 1. The van der Waals surface area contributed by atoms with Crippen LogP contribution in [-0.4, -0.2) is 35.8 Å². The van der Waals surface area contributed by atoms with Gasteiger partial charge in [0.2, 0.25) is 5.91 Å². The number of nitrogens with zero attached hydrogens (tertiary/aromatic N) is 1. The molecule has 5 nitrogen and oxygen atoms in total. The van der Waals surface area contributed by atoms with Gasteiger partial charge in [-0.2, -0.15) is 0 Å². The maximum absolute atomic E-state index is 12.3. The molecule has 0 saturated carbocycles. The van der Waals surface area contributed by atoms with Gasteiger partial charge in [0.15, 0.2) is 0 Å². The Balaban J connectivity index is 2.77. The van der Waals surface area contributed by atoms with Crippen LogP contribution in [0.1, 0.15) is 44.0 Å². The van der Waals surface area contributed by atoms with Gasteiger partial charge < -0.3 is 16.0 Å². The average Bonchev–Trinajstić information content (AvgIpc) is 2.46. The number of benzene rings is 1. The van der Waals surface area contributed by atoms with Crippen LogP contribution in [0.4, 0.5) is 5.69 Å². The summed E-state index contributed by atoms with van der Waals surface area (Å²) in [5.41, 5.74) is 6.65. The maximum Gasteiger partial charge on any atom is 0.255 e. The van der Waals surface area contributed by atoms with E-state index in [1.165, 1.54) is 0 Å². The van der Waals surface area contributed by atoms with Gasteiger partial charge in [0.25, 0.3) is 5.91 Å². The van der Waals surface area contributed by atoms with Crippen LogP contribution < -0.4 is 11.1 Å². The molecule has 1 atom stereocenters. The summed E-state index contributed by atoms with van der Waals surface area (Å²) in [6, 6.07) is 4.92. The van der Waals surface area contributed by atoms with Crippen molar-refractivity contribution in [3.8, 4) is 0 Å². The molecule has 0 fully saturated rings. The van der Waals surface area contributed by atoms with Gasteiger partial charge in [-0.1, -0.05) is 11.6 Å². The summed E-state index contributed by atoms with van der Waals surface area (Å²) in [7, 11) is 0. The van der Waals surface area contributed by atoms with E-state index in [1.807, 2.05) is 20.8 Å². The van der Waals surface area contributed by atoms with Gasteiger partial charge in [-0.25, -0.2) is 0 Å². The SMILES string of the molecule is CCN(CC)C(=O)c1ccc(NC(=O)CCC(C)N)cc1Cl. The predicted molar refractivity (Wildman–Crippen MR) is 90.2 cm³/mol. The van der Waals surface area contributed by atoms with Gasteiger partial charge in [0.05, 0.1) is 10.6 Å². The first-order chi connectivity index (χ1) is 10.4. The van der Waals surface area contributed by atoms with Crippen LogP contribution in [0.5, 0.6) is 0 Å². The number of rotatable bonds is 7. The number of carbonyl (C=O) groups excluding carboxylic acids is 2. The van der Waals surface area contributed by atoms with Crippen LogP contribution in [0.2, 0.25) is 5.02 Å². The van der Waals surface area contributed by atoms with E-state index < -0.39 is 0 Å². The van der Waals surface area contributed by atoms with E-state index in [0.29, 0.717) is 42.2 Å². The molecule has 3 N–H and O–H groups in total. The van der Waals surface area contributed by atoms with Crippen molar-refractivity contribution in [3.05, 3.63) is 28.8 Å². The standard InChI is InChI=1S/C16H24ClN3O2/c1-4-20(5-2)16(22)13-8-7-12(10-14(13)17)19-15(21)9-6-11(3)18/h7-8,10-11H,4-6,9,18H2,1-3H3,(H,19,21). The zero-order valence-corrected chi connectivity index (χ0v) is 14.1. The lowest BCUT2D eigenvalue weighted by atomic mass is 10.1. The fraction of sp³-hybridized carbons (Fsp3) is 0.500. The van der Waals surface area contributed by atoms with Gasteiger partial charge in [0, 0.05) is 31.2 Å². The molecule has 0 aliphatic heterocycles. The van der Waals surface area contributed by atoms with E-state index in [9.17, 15) is 9.59 Å². The Bertz CT molecular complexity index is 528. The number of carbonyl (C=O) groups is 2. The molecular weight excluding hydrogens is 302 g/mol. The molecule has 0 aromatic heterocycles. The van der Waals surface area contributed by atoms with Crippen molar-refractivity contribution >= 4 is 29.1 Å². The Morgan fingerprint density at radius 2 is 1.95 bits per heavy atom. The van der Waals surface area contributed by atoms with E-state index in [-0.39, 0.29) is 17.9 Å². The van der Waals surface area contributed by atoms with Crippen molar-refractivity contribution in [2.45, 2.75) is 39.7 Å². The predicted octanol–water partition coefficient (Wildman–Crippen LogP) is 2.89. The minimum absolute atomic E-state index is 0.0107. The highest BCUT2D eigenvalue weighted by atomic mass is 35.5. The molecule has 0 heterocycles. The van der Waals surface area contributed by atoms with Crippen molar-refractivity contribution in [2.75, 3.05) is 18.4 Å². The summed E-state index contributed by atoms with van der Waals surface area (Å²) in [5, 5.41) is 3.09. The molecule has 2 amide bonds. The topological polar surface area (TPSA) is 75.4 Å². The molecule has 6 heteroatoms. The minimum Gasteiger partial charge on any atom is -0.339 e. The van der Waals surface area contributed by atoms with Crippen LogP contribution in [0.25, 0.3) is 0 Å². The van der Waals surface area contributed by atoms with Gasteiger partial charge in [0.1, 0.15) is 0 Å². The van der Waals surface area contributed by atoms with Gasteiger partial charge in [-0.05, 0) is 45.4 Å². The quantitative estimate of drug-likeness (QED) is 0.809. The number of nitrogens with two attached hydrogens (primary N) is 1. The number of hydrogen-bond donors (Lipinski definition) is 2. The first-order valence-corrected chi connectivity index (χ1v) is 7.91. The molecule has 1 unspecified atom stereocenters. The van der Waals surface area contributed by atoms with Crippen molar-refractivity contribution in [1.29, 1.82) is 0 Å². The molecule has 0 aliphatic carbocycles. The molecular formula is C16H24ClN3O2. The van der Waals surface area contributed by atoms with Crippen LogP contribution >= 0.6 is 11.6 Å². The first-order valence-electron chi connectivity index (χ1n) is 7.53. The monoisotopic (exact) mass is 325 g/mol. The number of amides is 2. The van der Waals surface area contributed by atoms with Crippen molar-refractivity contribution in [2.24, 2.45) is 5.73 Å². The summed E-state index contributed by atoms with van der Waals surface area (Å²) in [6.07, 6.45) is 0.980. The third-order valence-electron chi connectivity index (χ3n) is 3.36. The second kappa shape index (κ2) is 8.76. The van der Waals surface area contributed by atoms with Crippen LogP contribution in [0.3, 0.4) is 0 Å². The Morgan fingerprint density at radius 3 is 2.45 bits per heavy atom. The molecule has 22 heavy (non-hydrogen) atoms. The van der Waals surface area contributed by atoms with E-state index in [2.05, 4.69) is 5.32 Å². The highest BCUT2D eigenvalue weighted by molar-refractivity contribution is 6.34. The van der Waals surface area contributed by atoms with E-state index in [0.717, 1.165) is 0 Å². The fourth-order valence-electron chi connectivity index (χ4n) is 2.03. The third-order valence-corrected chi connectivity index (χ3v) is 3.67. The number of hydrogen-bond acceptors (Lipinski definition) is 3. The molecule has 1 rings (SSSR count). The summed E-state index contributed by atoms with van der Waals surface area (Å²) >= 11 is 6.17. The molecule has 0 aliphatic rings. The third kappa shape index (κ3) is 5.31. The lowest BCUT2D eigenvalue weighted by molar-refractivity contribution is -0.116. The molecule has 0 bridgehead atoms. The maximum atomic E-state index is 12.3. The normalized spacial score (nSPS) is 11.9. The molecule has 122 valence electrons. The van der Waals surface area contributed by atoms with E-state index in [4.69, 9.17) is 17.3 Å². The van der Waals surface area contributed by atoms with E-state index in [1.54, 1.807) is 23.1 Å².